The molecule has 3 heteroatoms. The maximum atomic E-state index is 5.81. The number of aromatic amines is 1. The van der Waals surface area contributed by atoms with Crippen molar-refractivity contribution in [1.29, 1.82) is 0 Å². The van der Waals surface area contributed by atoms with Crippen LogP contribution in [0.2, 0.25) is 0 Å². The highest BCUT2D eigenvalue weighted by atomic mass is 15.0. The summed E-state index contributed by atoms with van der Waals surface area (Å²) in [4.78, 5) is 5.50. The summed E-state index contributed by atoms with van der Waals surface area (Å²) in [6.45, 7) is 5.12. The van der Waals surface area contributed by atoms with Crippen LogP contribution in [0, 0.1) is 0 Å². The zero-order chi connectivity index (χ0) is 13.5. The second-order valence-corrected chi connectivity index (χ2v) is 4.53. The summed E-state index contributed by atoms with van der Waals surface area (Å²) in [7, 11) is 4.21. The molecule has 0 aliphatic rings. The summed E-state index contributed by atoms with van der Waals surface area (Å²) >= 11 is 0. The van der Waals surface area contributed by atoms with Gasteiger partial charge in [0.15, 0.2) is 0 Å². The summed E-state index contributed by atoms with van der Waals surface area (Å²) in [5.74, 6) is 0. The topological polar surface area (TPSA) is 45.0 Å². The molecule has 0 aliphatic heterocycles. The summed E-state index contributed by atoms with van der Waals surface area (Å²) < 4.78 is 0. The van der Waals surface area contributed by atoms with Gasteiger partial charge >= 0.3 is 0 Å². The summed E-state index contributed by atoms with van der Waals surface area (Å²) in [5.41, 5.74) is 9.18. The second-order valence-electron chi connectivity index (χ2n) is 4.53. The van der Waals surface area contributed by atoms with E-state index in [1.165, 1.54) is 22.9 Å². The zero-order valence-corrected chi connectivity index (χ0v) is 12.0. The van der Waals surface area contributed by atoms with Crippen LogP contribution < -0.4 is 5.73 Å². The molecule has 18 heavy (non-hydrogen) atoms. The fourth-order valence-corrected chi connectivity index (χ4v) is 1.99. The van der Waals surface area contributed by atoms with Gasteiger partial charge in [-0.15, -0.1) is 0 Å². The Balaban J connectivity index is 0.000000771. The molecule has 0 radical (unpaired) electrons. The number of nitrogens with one attached hydrogen (secondary N) is 1. The van der Waals surface area contributed by atoms with Crippen LogP contribution in [-0.2, 0) is 6.42 Å². The van der Waals surface area contributed by atoms with Gasteiger partial charge in [-0.25, -0.2) is 0 Å². The second kappa shape index (κ2) is 7.07. The summed E-state index contributed by atoms with van der Waals surface area (Å²) in [6.07, 6.45) is 4.37. The van der Waals surface area contributed by atoms with Gasteiger partial charge in [-0.1, -0.05) is 13.8 Å². The number of rotatable bonds is 4. The van der Waals surface area contributed by atoms with Crippen LogP contribution >= 0.6 is 0 Å². The van der Waals surface area contributed by atoms with Gasteiger partial charge in [0.1, 0.15) is 0 Å². The van der Waals surface area contributed by atoms with Crippen LogP contribution in [0.5, 0.6) is 0 Å². The van der Waals surface area contributed by atoms with E-state index in [1.54, 1.807) is 0 Å². The van der Waals surface area contributed by atoms with Crippen LogP contribution in [0.3, 0.4) is 0 Å². The quantitative estimate of drug-likeness (QED) is 0.814. The average Bonchev–Trinajstić information content (AvgIpc) is 2.74. The Hall–Kier alpha value is -1.48. The first-order valence-corrected chi connectivity index (χ1v) is 6.67. The van der Waals surface area contributed by atoms with E-state index in [-0.39, 0.29) is 0 Å². The van der Waals surface area contributed by atoms with E-state index in [9.17, 15) is 0 Å². The lowest BCUT2D eigenvalue weighted by atomic mass is 10.1. The Bertz CT molecular complexity index is 472. The predicted molar refractivity (Wildman–Crippen MR) is 80.9 cm³/mol. The number of aromatic nitrogens is 1. The third-order valence-electron chi connectivity index (χ3n) is 2.84. The summed E-state index contributed by atoms with van der Waals surface area (Å²) in [6, 6.07) is 6.03. The largest absolute Gasteiger partial charge is 0.399 e. The number of hydrogen-bond donors (Lipinski definition) is 2. The first-order valence-electron chi connectivity index (χ1n) is 6.67. The highest BCUT2D eigenvalue weighted by molar-refractivity contribution is 5.86. The molecule has 1 aromatic heterocycles. The Morgan fingerprint density at radius 2 is 1.94 bits per heavy atom. The van der Waals surface area contributed by atoms with E-state index in [0.29, 0.717) is 0 Å². The van der Waals surface area contributed by atoms with E-state index < -0.39 is 0 Å². The third-order valence-corrected chi connectivity index (χ3v) is 2.84. The van der Waals surface area contributed by atoms with E-state index in [4.69, 9.17) is 5.73 Å². The fraction of sp³-hybridized carbons (Fsp3) is 0.467. The molecule has 0 bridgehead atoms. The van der Waals surface area contributed by atoms with Gasteiger partial charge in [-0.2, -0.15) is 0 Å². The van der Waals surface area contributed by atoms with Crippen LogP contribution in [0.25, 0.3) is 10.9 Å². The highest BCUT2D eigenvalue weighted by Gasteiger charge is 2.03. The number of hydrogen-bond acceptors (Lipinski definition) is 2. The Morgan fingerprint density at radius 3 is 2.61 bits per heavy atom. The van der Waals surface area contributed by atoms with Gasteiger partial charge in [0, 0.05) is 22.8 Å². The van der Waals surface area contributed by atoms with Crippen molar-refractivity contribution in [2.24, 2.45) is 0 Å². The molecule has 3 nitrogen and oxygen atoms in total. The molecule has 0 atom stereocenters. The van der Waals surface area contributed by atoms with Crippen molar-refractivity contribution in [3.05, 3.63) is 30.0 Å². The van der Waals surface area contributed by atoms with E-state index in [0.717, 1.165) is 18.7 Å². The lowest BCUT2D eigenvalue weighted by Gasteiger charge is -2.08. The molecule has 0 saturated carbocycles. The van der Waals surface area contributed by atoms with E-state index in [1.807, 2.05) is 26.0 Å². The maximum absolute atomic E-state index is 5.81. The number of benzene rings is 1. The molecular formula is C15H25N3. The number of H-pyrrole nitrogens is 1. The van der Waals surface area contributed by atoms with E-state index in [2.05, 4.69) is 36.2 Å². The van der Waals surface area contributed by atoms with Gasteiger partial charge < -0.3 is 15.6 Å². The molecule has 1 heterocycles. The molecule has 0 fully saturated rings. The normalized spacial score (nSPS) is 10.5. The minimum Gasteiger partial charge on any atom is -0.399 e. The standard InChI is InChI=1S/C13H19N3.C2H6/c1-16(2)7-3-4-10-9-15-13-6-5-11(14)8-12(10)13;1-2/h5-6,8-9,15H,3-4,7,14H2,1-2H3;1-2H3. The molecule has 100 valence electrons. The summed E-state index contributed by atoms with van der Waals surface area (Å²) in [5, 5.41) is 1.26. The molecule has 0 amide bonds. The van der Waals surface area contributed by atoms with Crippen molar-refractivity contribution in [2.45, 2.75) is 26.7 Å². The van der Waals surface area contributed by atoms with E-state index >= 15 is 0 Å². The van der Waals surface area contributed by atoms with Crippen LogP contribution in [0.1, 0.15) is 25.8 Å². The number of nitrogens with two attached hydrogens (primary N) is 1. The lowest BCUT2D eigenvalue weighted by molar-refractivity contribution is 0.400. The maximum Gasteiger partial charge on any atom is 0.0458 e. The Labute approximate surface area is 110 Å². The number of nitrogen functional groups attached to an aromatic ring is 1. The molecule has 0 aliphatic carbocycles. The van der Waals surface area contributed by atoms with Crippen molar-refractivity contribution < 1.29 is 0 Å². The van der Waals surface area contributed by atoms with Crippen LogP contribution in [-0.4, -0.2) is 30.5 Å². The zero-order valence-electron chi connectivity index (χ0n) is 12.0. The first-order chi connectivity index (χ1) is 8.66. The number of fused-ring (bicyclic) bond motifs is 1. The molecule has 0 spiro atoms. The monoisotopic (exact) mass is 247 g/mol. The Morgan fingerprint density at radius 1 is 1.22 bits per heavy atom. The average molecular weight is 247 g/mol. The smallest absolute Gasteiger partial charge is 0.0458 e. The Kier molecular flexibility index (Phi) is 5.72. The van der Waals surface area contributed by atoms with Crippen molar-refractivity contribution in [3.63, 3.8) is 0 Å². The molecule has 2 aromatic rings. The minimum absolute atomic E-state index is 0.834. The number of nitrogens with zero attached hydrogens (tertiary/aromatic N) is 1. The molecule has 0 unspecified atom stereocenters. The molecule has 3 N–H and O–H groups in total. The van der Waals surface area contributed by atoms with Crippen molar-refractivity contribution >= 4 is 16.6 Å². The van der Waals surface area contributed by atoms with Gasteiger partial charge in [-0.3, -0.25) is 0 Å². The predicted octanol–water partition coefficient (Wildman–Crippen LogP) is 3.27. The molecule has 2 rings (SSSR count). The van der Waals surface area contributed by atoms with Gasteiger partial charge in [0.25, 0.3) is 0 Å². The minimum atomic E-state index is 0.834. The third kappa shape index (κ3) is 3.77. The van der Waals surface area contributed by atoms with Crippen LogP contribution in [0.4, 0.5) is 5.69 Å². The van der Waals surface area contributed by atoms with Crippen molar-refractivity contribution in [3.8, 4) is 0 Å². The molecule has 1 aromatic carbocycles. The van der Waals surface area contributed by atoms with Crippen molar-refractivity contribution in [1.82, 2.24) is 9.88 Å². The van der Waals surface area contributed by atoms with Gasteiger partial charge in [-0.05, 0) is 57.2 Å². The molecular weight excluding hydrogens is 222 g/mol. The number of anilines is 1. The SMILES string of the molecule is CC.CN(C)CCCc1c[nH]c2ccc(N)cc12. The fourth-order valence-electron chi connectivity index (χ4n) is 1.99. The lowest BCUT2D eigenvalue weighted by Crippen LogP contribution is -2.13. The first kappa shape index (κ1) is 14.6. The van der Waals surface area contributed by atoms with Crippen molar-refractivity contribution in [2.75, 3.05) is 26.4 Å². The van der Waals surface area contributed by atoms with Crippen LogP contribution in [0.15, 0.2) is 24.4 Å². The van der Waals surface area contributed by atoms with Gasteiger partial charge in [0.05, 0.1) is 0 Å². The molecule has 0 saturated heterocycles. The number of aryl methyl sites for hydroxylation is 1. The van der Waals surface area contributed by atoms with Gasteiger partial charge in [0.2, 0.25) is 0 Å². The highest BCUT2D eigenvalue weighted by Crippen LogP contribution is 2.21.